The number of thioether (sulfide) groups is 1. The van der Waals surface area contributed by atoms with Crippen molar-refractivity contribution in [3.8, 4) is 0 Å². The van der Waals surface area contributed by atoms with Crippen LogP contribution in [0.1, 0.15) is 25.6 Å². The maximum atomic E-state index is 12.3. The second kappa shape index (κ2) is 7.08. The quantitative estimate of drug-likeness (QED) is 0.771. The number of hydrogen-bond acceptors (Lipinski definition) is 5. The van der Waals surface area contributed by atoms with Crippen LogP contribution in [0.5, 0.6) is 0 Å². The Labute approximate surface area is 124 Å². The third kappa shape index (κ3) is 5.07. The van der Waals surface area contributed by atoms with E-state index in [0.717, 1.165) is 11.4 Å². The van der Waals surface area contributed by atoms with Gasteiger partial charge in [0.25, 0.3) is 0 Å². The highest BCUT2D eigenvalue weighted by Crippen LogP contribution is 2.24. The number of thiophene rings is 1. The van der Waals surface area contributed by atoms with Crippen molar-refractivity contribution in [2.24, 2.45) is 0 Å². The molecule has 1 heterocycles. The molecule has 0 spiro atoms. The van der Waals surface area contributed by atoms with E-state index in [-0.39, 0.29) is 4.75 Å². The standard InChI is InChI=1S/C12H22N2O2S3/c1-5-13-8-10-11(6-7-18-10)19(15,16)14-9-12(2,3)17-4/h6-7,13-14H,5,8-9H2,1-4H3. The molecular weight excluding hydrogens is 300 g/mol. The lowest BCUT2D eigenvalue weighted by atomic mass is 10.2. The zero-order valence-corrected chi connectivity index (χ0v) is 14.3. The smallest absolute Gasteiger partial charge is 0.241 e. The molecule has 1 rings (SSSR count). The van der Waals surface area contributed by atoms with Crippen molar-refractivity contribution in [1.82, 2.24) is 10.0 Å². The molecule has 0 aliphatic rings. The maximum Gasteiger partial charge on any atom is 0.241 e. The van der Waals surface area contributed by atoms with E-state index >= 15 is 0 Å². The zero-order chi connectivity index (χ0) is 14.5. The fourth-order valence-electron chi connectivity index (χ4n) is 1.35. The fourth-order valence-corrected chi connectivity index (χ4v) is 4.29. The molecule has 0 aliphatic carbocycles. The minimum Gasteiger partial charge on any atom is -0.312 e. The second-order valence-corrected chi connectivity index (χ2v) is 9.03. The highest BCUT2D eigenvalue weighted by Gasteiger charge is 2.23. The monoisotopic (exact) mass is 322 g/mol. The van der Waals surface area contributed by atoms with Gasteiger partial charge in [-0.3, -0.25) is 0 Å². The highest BCUT2D eigenvalue weighted by atomic mass is 32.2. The average molecular weight is 323 g/mol. The summed E-state index contributed by atoms with van der Waals surface area (Å²) in [6.07, 6.45) is 1.98. The minimum absolute atomic E-state index is 0.106. The van der Waals surface area contributed by atoms with Crippen LogP contribution >= 0.6 is 23.1 Å². The van der Waals surface area contributed by atoms with Crippen LogP contribution < -0.4 is 10.0 Å². The van der Waals surface area contributed by atoms with Gasteiger partial charge in [0.05, 0.1) is 4.90 Å². The van der Waals surface area contributed by atoms with Crippen LogP contribution in [0.2, 0.25) is 0 Å². The Morgan fingerprint density at radius 3 is 2.68 bits per heavy atom. The summed E-state index contributed by atoms with van der Waals surface area (Å²) in [6.45, 7) is 7.88. The van der Waals surface area contributed by atoms with Crippen LogP contribution in [0, 0.1) is 0 Å². The molecule has 7 heteroatoms. The molecule has 1 aromatic heterocycles. The highest BCUT2D eigenvalue weighted by molar-refractivity contribution is 8.00. The molecular formula is C12H22N2O2S3. The van der Waals surface area contributed by atoms with Crippen LogP contribution in [-0.2, 0) is 16.6 Å². The molecule has 110 valence electrons. The average Bonchev–Trinajstić information content (AvgIpc) is 2.83. The SMILES string of the molecule is CCNCc1sccc1S(=O)(=O)NCC(C)(C)SC. The van der Waals surface area contributed by atoms with E-state index in [1.807, 2.05) is 32.4 Å². The molecule has 0 bridgehead atoms. The summed E-state index contributed by atoms with van der Waals surface area (Å²) >= 11 is 3.12. The lowest BCUT2D eigenvalue weighted by molar-refractivity contribution is 0.569. The Balaban J connectivity index is 2.80. The van der Waals surface area contributed by atoms with Gasteiger partial charge in [0.15, 0.2) is 0 Å². The first-order valence-electron chi connectivity index (χ1n) is 6.14. The van der Waals surface area contributed by atoms with Crippen LogP contribution in [0.3, 0.4) is 0 Å². The van der Waals surface area contributed by atoms with Crippen LogP contribution in [0.4, 0.5) is 0 Å². The summed E-state index contributed by atoms with van der Waals surface area (Å²) in [5, 5.41) is 4.98. The van der Waals surface area contributed by atoms with Gasteiger partial charge in [0.2, 0.25) is 10.0 Å². The summed E-state index contributed by atoms with van der Waals surface area (Å²) in [7, 11) is -3.41. The van der Waals surface area contributed by atoms with Crippen molar-refractivity contribution in [1.29, 1.82) is 0 Å². The van der Waals surface area contributed by atoms with Crippen molar-refractivity contribution < 1.29 is 8.42 Å². The van der Waals surface area contributed by atoms with Crippen molar-refractivity contribution in [3.05, 3.63) is 16.3 Å². The lowest BCUT2D eigenvalue weighted by Crippen LogP contribution is -2.36. The molecule has 0 saturated heterocycles. The number of nitrogens with one attached hydrogen (secondary N) is 2. The predicted molar refractivity (Wildman–Crippen MR) is 84.5 cm³/mol. The van der Waals surface area contributed by atoms with Gasteiger partial charge in [0.1, 0.15) is 0 Å². The van der Waals surface area contributed by atoms with Crippen LogP contribution in [-0.4, -0.2) is 32.5 Å². The van der Waals surface area contributed by atoms with Gasteiger partial charge < -0.3 is 5.32 Å². The Morgan fingerprint density at radius 1 is 1.42 bits per heavy atom. The first-order valence-corrected chi connectivity index (χ1v) is 9.73. The fraction of sp³-hybridized carbons (Fsp3) is 0.667. The summed E-state index contributed by atoms with van der Waals surface area (Å²) in [6, 6.07) is 1.67. The molecule has 2 N–H and O–H groups in total. The minimum atomic E-state index is -3.41. The Morgan fingerprint density at radius 2 is 2.11 bits per heavy atom. The first-order chi connectivity index (χ1) is 8.82. The molecule has 0 saturated carbocycles. The molecule has 0 fully saturated rings. The summed E-state index contributed by atoms with van der Waals surface area (Å²) < 4.78 is 27.2. The van der Waals surface area contributed by atoms with Gasteiger partial charge in [-0.2, -0.15) is 11.8 Å². The maximum absolute atomic E-state index is 12.3. The number of sulfonamides is 1. The largest absolute Gasteiger partial charge is 0.312 e. The van der Waals surface area contributed by atoms with Gasteiger partial charge in [0, 0.05) is 22.7 Å². The Hall–Kier alpha value is -0.0800. The van der Waals surface area contributed by atoms with Gasteiger partial charge >= 0.3 is 0 Å². The van der Waals surface area contributed by atoms with Gasteiger partial charge in [-0.1, -0.05) is 6.92 Å². The van der Waals surface area contributed by atoms with E-state index in [4.69, 9.17) is 0 Å². The van der Waals surface area contributed by atoms with Gasteiger partial charge in [-0.25, -0.2) is 13.1 Å². The second-order valence-electron chi connectivity index (χ2n) is 4.78. The van der Waals surface area contributed by atoms with Crippen LogP contribution in [0.25, 0.3) is 0 Å². The third-order valence-electron chi connectivity index (χ3n) is 2.77. The molecule has 4 nitrogen and oxygen atoms in total. The molecule has 0 atom stereocenters. The van der Waals surface area contributed by atoms with E-state index in [2.05, 4.69) is 10.0 Å². The van der Waals surface area contributed by atoms with Crippen molar-refractivity contribution in [3.63, 3.8) is 0 Å². The van der Waals surface area contributed by atoms with E-state index < -0.39 is 10.0 Å². The normalized spacial score (nSPS) is 12.8. The predicted octanol–water partition coefficient (Wildman–Crippen LogP) is 2.28. The van der Waals surface area contributed by atoms with Crippen LogP contribution in [0.15, 0.2) is 16.3 Å². The molecule has 0 unspecified atom stereocenters. The molecule has 0 aromatic carbocycles. The van der Waals surface area contributed by atoms with E-state index in [1.54, 1.807) is 17.8 Å². The van der Waals surface area contributed by atoms with Gasteiger partial charge in [-0.05, 0) is 38.1 Å². The molecule has 0 amide bonds. The molecule has 0 radical (unpaired) electrons. The Bertz CT molecular complexity index is 495. The Kier molecular flexibility index (Phi) is 6.32. The third-order valence-corrected chi connectivity index (χ3v) is 6.56. The molecule has 0 aliphatic heterocycles. The zero-order valence-electron chi connectivity index (χ0n) is 11.8. The molecule has 1 aromatic rings. The van der Waals surface area contributed by atoms with Gasteiger partial charge in [-0.15, -0.1) is 11.3 Å². The van der Waals surface area contributed by atoms with E-state index in [0.29, 0.717) is 18.0 Å². The first kappa shape index (κ1) is 17.0. The number of hydrogen-bond donors (Lipinski definition) is 2. The summed E-state index contributed by atoms with van der Waals surface area (Å²) in [4.78, 5) is 1.26. The van der Waals surface area contributed by atoms with E-state index in [1.165, 1.54) is 11.3 Å². The van der Waals surface area contributed by atoms with E-state index in [9.17, 15) is 8.42 Å². The lowest BCUT2D eigenvalue weighted by Gasteiger charge is -2.22. The molecule has 19 heavy (non-hydrogen) atoms. The topological polar surface area (TPSA) is 58.2 Å². The summed E-state index contributed by atoms with van der Waals surface area (Å²) in [5.41, 5.74) is 0. The number of rotatable bonds is 8. The van der Waals surface area contributed by atoms with Crippen molar-refractivity contribution in [2.45, 2.75) is 37.0 Å². The van der Waals surface area contributed by atoms with Crippen molar-refractivity contribution in [2.75, 3.05) is 19.3 Å². The summed E-state index contributed by atoms with van der Waals surface area (Å²) in [5.74, 6) is 0. The van der Waals surface area contributed by atoms with Crippen molar-refractivity contribution >= 4 is 33.1 Å².